The molecule has 0 heterocycles. The minimum absolute atomic E-state index is 0.191. The molecular formula is C25H28F2O. The van der Waals surface area contributed by atoms with Crippen LogP contribution < -0.4 is 0 Å². The van der Waals surface area contributed by atoms with E-state index in [-0.39, 0.29) is 6.42 Å². The van der Waals surface area contributed by atoms with Crippen molar-refractivity contribution in [2.45, 2.75) is 51.8 Å². The summed E-state index contributed by atoms with van der Waals surface area (Å²) in [6, 6.07) is 9.95. The number of allylic oxidation sites excluding steroid dienone is 8. The van der Waals surface area contributed by atoms with Crippen molar-refractivity contribution in [3.05, 3.63) is 88.1 Å². The van der Waals surface area contributed by atoms with E-state index in [1.165, 1.54) is 6.08 Å². The smallest absolute Gasteiger partial charge is 0.137 e. The van der Waals surface area contributed by atoms with Crippen molar-refractivity contribution in [1.29, 1.82) is 0 Å². The molecule has 0 radical (unpaired) electrons. The Hall–Kier alpha value is -2.26. The molecule has 2 atom stereocenters. The van der Waals surface area contributed by atoms with Gasteiger partial charge in [0.2, 0.25) is 0 Å². The van der Waals surface area contributed by atoms with E-state index in [0.29, 0.717) is 12.0 Å². The third-order valence-corrected chi connectivity index (χ3v) is 5.61. The molecule has 1 N–H and O–H groups in total. The fourth-order valence-corrected chi connectivity index (χ4v) is 4.09. The van der Waals surface area contributed by atoms with Gasteiger partial charge in [0.1, 0.15) is 12.3 Å². The summed E-state index contributed by atoms with van der Waals surface area (Å²) in [4.78, 5) is 0. The quantitative estimate of drug-likeness (QED) is 0.581. The normalized spacial score (nSPS) is 26.0. The number of fused-ring (bicyclic) bond motifs is 1. The van der Waals surface area contributed by atoms with Crippen LogP contribution in [-0.2, 0) is 0 Å². The van der Waals surface area contributed by atoms with Gasteiger partial charge in [0.05, 0.1) is 6.10 Å². The third-order valence-electron chi connectivity index (χ3n) is 5.61. The van der Waals surface area contributed by atoms with Gasteiger partial charge in [-0.2, -0.15) is 0 Å². The van der Waals surface area contributed by atoms with Crippen LogP contribution in [0.2, 0.25) is 0 Å². The topological polar surface area (TPSA) is 20.2 Å². The number of benzene rings is 1. The van der Waals surface area contributed by atoms with E-state index in [1.54, 1.807) is 19.1 Å². The van der Waals surface area contributed by atoms with Gasteiger partial charge in [-0.1, -0.05) is 61.1 Å². The van der Waals surface area contributed by atoms with Gasteiger partial charge in [-0.05, 0) is 66.2 Å². The van der Waals surface area contributed by atoms with Crippen LogP contribution in [0, 0.1) is 0 Å². The van der Waals surface area contributed by atoms with Crippen LogP contribution in [-0.4, -0.2) is 23.6 Å². The Morgan fingerprint density at radius 3 is 2.64 bits per heavy atom. The van der Waals surface area contributed by atoms with Crippen molar-refractivity contribution in [2.75, 3.05) is 6.67 Å². The predicted octanol–water partition coefficient (Wildman–Crippen LogP) is 6.44. The van der Waals surface area contributed by atoms with E-state index in [2.05, 4.69) is 6.92 Å². The summed E-state index contributed by atoms with van der Waals surface area (Å²) >= 11 is 0. The first-order valence-electron chi connectivity index (χ1n) is 9.90. The molecule has 1 nitrogen and oxygen atoms in total. The molecule has 3 heteroatoms. The summed E-state index contributed by atoms with van der Waals surface area (Å²) in [5, 5.41) is 10.1. The number of aliphatic hydroxyl groups excluding tert-OH is 1. The lowest BCUT2D eigenvalue weighted by Gasteiger charge is -2.38. The Bertz CT molecular complexity index is 882. The molecule has 0 aliphatic heterocycles. The molecule has 0 saturated carbocycles. The minimum atomic E-state index is -1.59. The van der Waals surface area contributed by atoms with E-state index in [9.17, 15) is 9.50 Å². The highest BCUT2D eigenvalue weighted by Crippen LogP contribution is 2.51. The lowest BCUT2D eigenvalue weighted by Crippen LogP contribution is -2.31. The monoisotopic (exact) mass is 382 g/mol. The van der Waals surface area contributed by atoms with Crippen LogP contribution in [0.5, 0.6) is 0 Å². The third kappa shape index (κ3) is 3.95. The molecule has 0 saturated heterocycles. The van der Waals surface area contributed by atoms with Crippen LogP contribution in [0.25, 0.3) is 5.57 Å². The summed E-state index contributed by atoms with van der Waals surface area (Å²) in [6.45, 7) is 5.10. The fourth-order valence-electron chi connectivity index (χ4n) is 4.09. The number of halogens is 2. The first-order chi connectivity index (χ1) is 13.4. The molecule has 0 spiro atoms. The highest BCUT2D eigenvalue weighted by atomic mass is 19.1. The van der Waals surface area contributed by atoms with Gasteiger partial charge in [0.25, 0.3) is 0 Å². The summed E-state index contributed by atoms with van der Waals surface area (Å²) < 4.78 is 28.7. The lowest BCUT2D eigenvalue weighted by atomic mass is 9.69. The van der Waals surface area contributed by atoms with Crippen molar-refractivity contribution in [3.8, 4) is 0 Å². The number of hydrogen-bond donors (Lipinski definition) is 1. The molecule has 0 fully saturated rings. The molecule has 2 unspecified atom stereocenters. The zero-order valence-corrected chi connectivity index (χ0v) is 16.8. The van der Waals surface area contributed by atoms with Gasteiger partial charge in [0.15, 0.2) is 0 Å². The van der Waals surface area contributed by atoms with Crippen LogP contribution in [0.3, 0.4) is 0 Å². The molecule has 1 aromatic carbocycles. The Balaban J connectivity index is 2.34. The maximum absolute atomic E-state index is 15.8. The Labute approximate surface area is 166 Å². The number of alkyl halides is 2. The lowest BCUT2D eigenvalue weighted by molar-refractivity contribution is 0.205. The van der Waals surface area contributed by atoms with Crippen LogP contribution in [0.15, 0.2) is 82.5 Å². The van der Waals surface area contributed by atoms with E-state index >= 15 is 4.39 Å². The van der Waals surface area contributed by atoms with Gasteiger partial charge < -0.3 is 5.11 Å². The minimum Gasteiger partial charge on any atom is -0.389 e. The first-order valence-corrected chi connectivity index (χ1v) is 9.90. The molecule has 0 amide bonds. The first kappa shape index (κ1) is 20.5. The summed E-state index contributed by atoms with van der Waals surface area (Å²) in [5.41, 5.74) is 4.72. The Morgan fingerprint density at radius 2 is 2.00 bits per heavy atom. The van der Waals surface area contributed by atoms with E-state index in [4.69, 9.17) is 0 Å². The zero-order chi connectivity index (χ0) is 20.3. The molecular weight excluding hydrogens is 354 g/mol. The predicted molar refractivity (Wildman–Crippen MR) is 112 cm³/mol. The molecule has 0 bridgehead atoms. The van der Waals surface area contributed by atoms with Gasteiger partial charge in [-0.15, -0.1) is 0 Å². The number of hydrogen-bond acceptors (Lipinski definition) is 1. The average molecular weight is 382 g/mol. The molecule has 28 heavy (non-hydrogen) atoms. The summed E-state index contributed by atoms with van der Waals surface area (Å²) in [7, 11) is 0. The fraction of sp³-hybridized carbons (Fsp3) is 0.360. The Morgan fingerprint density at radius 1 is 1.29 bits per heavy atom. The standard InChI is InChI=1S/C25H28F2O/c1-4-17(2)20(11-8-14-26)22-16-25(3,27)23-15-19(28)12-13-21(23)24(22)18-9-6-5-7-10-18/h5-11,13,15,19,28H,4,12,14,16H2,1-3H3/b11-8-,20-17+. The van der Waals surface area contributed by atoms with Crippen molar-refractivity contribution in [1.82, 2.24) is 0 Å². The maximum Gasteiger partial charge on any atom is 0.137 e. The van der Waals surface area contributed by atoms with Gasteiger partial charge in [-0.3, -0.25) is 0 Å². The largest absolute Gasteiger partial charge is 0.389 e. The van der Waals surface area contributed by atoms with Crippen LogP contribution >= 0.6 is 0 Å². The number of aliphatic hydroxyl groups is 1. The van der Waals surface area contributed by atoms with E-state index in [0.717, 1.165) is 39.8 Å². The second-order valence-corrected chi connectivity index (χ2v) is 7.70. The molecule has 2 aliphatic carbocycles. The van der Waals surface area contributed by atoms with Crippen molar-refractivity contribution in [2.24, 2.45) is 0 Å². The second kappa shape index (κ2) is 8.40. The zero-order valence-electron chi connectivity index (χ0n) is 16.8. The van der Waals surface area contributed by atoms with E-state index < -0.39 is 18.4 Å². The van der Waals surface area contributed by atoms with Crippen molar-refractivity contribution in [3.63, 3.8) is 0 Å². The maximum atomic E-state index is 15.8. The van der Waals surface area contributed by atoms with Gasteiger partial charge in [0, 0.05) is 6.42 Å². The molecule has 0 aromatic heterocycles. The molecule has 148 valence electrons. The average Bonchev–Trinajstić information content (AvgIpc) is 2.69. The Kier molecular flexibility index (Phi) is 6.14. The van der Waals surface area contributed by atoms with Gasteiger partial charge in [-0.25, -0.2) is 8.78 Å². The molecule has 2 aliphatic rings. The van der Waals surface area contributed by atoms with Gasteiger partial charge >= 0.3 is 0 Å². The summed E-state index contributed by atoms with van der Waals surface area (Å²) in [5.74, 6) is 0. The molecule has 1 aromatic rings. The summed E-state index contributed by atoms with van der Waals surface area (Å²) in [6.07, 6.45) is 7.68. The van der Waals surface area contributed by atoms with Crippen LogP contribution in [0.4, 0.5) is 8.78 Å². The highest BCUT2D eigenvalue weighted by Gasteiger charge is 2.41. The number of rotatable bonds is 5. The molecule has 3 rings (SSSR count). The SMILES string of the molecule is CC/C(C)=C(\C=C/CF)C1=C(c2ccccc2)C2=CCC(O)C=C2C(C)(F)C1. The second-order valence-electron chi connectivity index (χ2n) is 7.70. The van der Waals surface area contributed by atoms with Crippen molar-refractivity contribution < 1.29 is 13.9 Å². The van der Waals surface area contributed by atoms with Crippen molar-refractivity contribution >= 4 is 5.57 Å². The van der Waals surface area contributed by atoms with E-state index in [1.807, 2.05) is 43.3 Å². The highest BCUT2D eigenvalue weighted by molar-refractivity contribution is 5.91. The van der Waals surface area contributed by atoms with Crippen LogP contribution in [0.1, 0.15) is 45.6 Å².